The highest BCUT2D eigenvalue weighted by atomic mass is 16.5. The van der Waals surface area contributed by atoms with Crippen molar-refractivity contribution >= 4 is 5.78 Å². The van der Waals surface area contributed by atoms with Crippen LogP contribution in [0.25, 0.3) is 0 Å². The largest absolute Gasteiger partial charge is 0.376 e. The van der Waals surface area contributed by atoms with Crippen LogP contribution in [0.1, 0.15) is 38.4 Å². The van der Waals surface area contributed by atoms with Crippen molar-refractivity contribution in [2.75, 3.05) is 7.11 Å². The van der Waals surface area contributed by atoms with Crippen molar-refractivity contribution in [2.24, 2.45) is 5.92 Å². The summed E-state index contributed by atoms with van der Waals surface area (Å²) in [7, 11) is 1.65. The van der Waals surface area contributed by atoms with Crippen LogP contribution in [-0.2, 0) is 9.53 Å². The molecule has 1 unspecified atom stereocenters. The maximum Gasteiger partial charge on any atom is 0.136 e. The lowest BCUT2D eigenvalue weighted by Gasteiger charge is -2.15. The van der Waals surface area contributed by atoms with Gasteiger partial charge in [-0.3, -0.25) is 4.79 Å². The molecular formula is C14H20O2. The van der Waals surface area contributed by atoms with E-state index in [0.717, 1.165) is 5.56 Å². The molecule has 0 N–H and O–H groups in total. The van der Waals surface area contributed by atoms with Gasteiger partial charge in [-0.05, 0) is 11.5 Å². The predicted molar refractivity (Wildman–Crippen MR) is 65.3 cm³/mol. The molecule has 88 valence electrons. The van der Waals surface area contributed by atoms with Gasteiger partial charge in [0.05, 0.1) is 6.10 Å². The highest BCUT2D eigenvalue weighted by Crippen LogP contribution is 2.21. The Balaban J connectivity index is 2.59. The van der Waals surface area contributed by atoms with Crippen molar-refractivity contribution in [3.8, 4) is 0 Å². The minimum atomic E-state index is -0.104. The second-order valence-corrected chi connectivity index (χ2v) is 4.48. The summed E-state index contributed by atoms with van der Waals surface area (Å²) in [6.07, 6.45) is 0.998. The summed E-state index contributed by atoms with van der Waals surface area (Å²) in [6.45, 7) is 4.12. The Bertz CT molecular complexity index is 317. The molecule has 0 heterocycles. The number of carbonyl (C=O) groups is 1. The fourth-order valence-corrected chi connectivity index (χ4v) is 1.75. The van der Waals surface area contributed by atoms with Crippen LogP contribution in [0.15, 0.2) is 30.3 Å². The maximum atomic E-state index is 11.7. The number of Topliss-reactive ketones (excluding diaryl/α,β-unsaturated/α-hetero) is 1. The average Bonchev–Trinajstić information content (AvgIpc) is 2.26. The molecule has 2 nitrogen and oxygen atoms in total. The van der Waals surface area contributed by atoms with E-state index in [9.17, 15) is 4.79 Å². The molecule has 0 saturated carbocycles. The molecule has 1 aromatic carbocycles. The van der Waals surface area contributed by atoms with Crippen LogP contribution in [0.4, 0.5) is 0 Å². The molecule has 1 atom stereocenters. The molecule has 0 radical (unpaired) electrons. The zero-order valence-electron chi connectivity index (χ0n) is 10.3. The van der Waals surface area contributed by atoms with Crippen LogP contribution in [-0.4, -0.2) is 12.9 Å². The third-order valence-electron chi connectivity index (χ3n) is 2.50. The van der Waals surface area contributed by atoms with Crippen molar-refractivity contribution in [3.05, 3.63) is 35.9 Å². The molecule has 0 fully saturated rings. The van der Waals surface area contributed by atoms with E-state index in [4.69, 9.17) is 4.74 Å². The zero-order chi connectivity index (χ0) is 12.0. The summed E-state index contributed by atoms with van der Waals surface area (Å²) in [5, 5.41) is 0. The smallest absolute Gasteiger partial charge is 0.136 e. The van der Waals surface area contributed by atoms with Crippen molar-refractivity contribution in [3.63, 3.8) is 0 Å². The van der Waals surface area contributed by atoms with Gasteiger partial charge in [-0.1, -0.05) is 44.2 Å². The van der Waals surface area contributed by atoms with Gasteiger partial charge in [-0.25, -0.2) is 0 Å². The second-order valence-electron chi connectivity index (χ2n) is 4.48. The highest BCUT2D eigenvalue weighted by Gasteiger charge is 2.15. The van der Waals surface area contributed by atoms with E-state index in [1.807, 2.05) is 30.3 Å². The lowest BCUT2D eigenvalue weighted by molar-refractivity contribution is -0.122. The monoisotopic (exact) mass is 220 g/mol. The Morgan fingerprint density at radius 3 is 2.31 bits per heavy atom. The fourth-order valence-electron chi connectivity index (χ4n) is 1.75. The zero-order valence-corrected chi connectivity index (χ0v) is 10.3. The summed E-state index contributed by atoms with van der Waals surface area (Å²) < 4.78 is 5.37. The molecule has 0 aromatic heterocycles. The number of methoxy groups -OCH3 is 1. The maximum absolute atomic E-state index is 11.7. The van der Waals surface area contributed by atoms with Crippen LogP contribution in [0.2, 0.25) is 0 Å². The number of ether oxygens (including phenoxy) is 1. The molecule has 0 bridgehead atoms. The van der Waals surface area contributed by atoms with Crippen LogP contribution in [0.3, 0.4) is 0 Å². The number of benzene rings is 1. The standard InChI is InChI=1S/C14H20O2/c1-11(2)9-13(15)10-14(16-3)12-7-5-4-6-8-12/h4-8,11,14H,9-10H2,1-3H3. The van der Waals surface area contributed by atoms with Gasteiger partial charge in [0.1, 0.15) is 5.78 Å². The molecule has 0 spiro atoms. The van der Waals surface area contributed by atoms with Gasteiger partial charge in [-0.15, -0.1) is 0 Å². The van der Waals surface area contributed by atoms with E-state index >= 15 is 0 Å². The predicted octanol–water partition coefficient (Wildman–Crippen LogP) is 3.38. The van der Waals surface area contributed by atoms with Crippen molar-refractivity contribution in [1.82, 2.24) is 0 Å². The SMILES string of the molecule is COC(CC(=O)CC(C)C)c1ccccc1. The average molecular weight is 220 g/mol. The summed E-state index contributed by atoms with van der Waals surface area (Å²) >= 11 is 0. The van der Waals surface area contributed by atoms with Gasteiger partial charge in [0.15, 0.2) is 0 Å². The van der Waals surface area contributed by atoms with Crippen LogP contribution in [0, 0.1) is 5.92 Å². The first-order chi connectivity index (χ1) is 7.63. The van der Waals surface area contributed by atoms with E-state index in [0.29, 0.717) is 18.8 Å². The first-order valence-corrected chi connectivity index (χ1v) is 5.73. The fraction of sp³-hybridized carbons (Fsp3) is 0.500. The van der Waals surface area contributed by atoms with Crippen LogP contribution >= 0.6 is 0 Å². The molecule has 1 rings (SSSR count). The molecular weight excluding hydrogens is 200 g/mol. The normalized spacial score (nSPS) is 12.8. The number of carbonyl (C=O) groups excluding carboxylic acids is 1. The van der Waals surface area contributed by atoms with Gasteiger partial charge in [0, 0.05) is 20.0 Å². The molecule has 1 aromatic rings. The molecule has 0 aliphatic carbocycles. The Morgan fingerprint density at radius 2 is 1.81 bits per heavy atom. The number of hydrogen-bond acceptors (Lipinski definition) is 2. The van der Waals surface area contributed by atoms with Gasteiger partial charge in [0.25, 0.3) is 0 Å². The summed E-state index contributed by atoms with van der Waals surface area (Å²) in [4.78, 5) is 11.7. The van der Waals surface area contributed by atoms with Crippen LogP contribution in [0.5, 0.6) is 0 Å². The molecule has 0 saturated heterocycles. The Labute approximate surface area is 97.6 Å². The van der Waals surface area contributed by atoms with E-state index in [2.05, 4.69) is 13.8 Å². The summed E-state index contributed by atoms with van der Waals surface area (Å²) in [6, 6.07) is 9.89. The lowest BCUT2D eigenvalue weighted by Crippen LogP contribution is -2.10. The lowest BCUT2D eigenvalue weighted by atomic mass is 9.99. The second kappa shape index (κ2) is 6.44. The number of ketones is 1. The highest BCUT2D eigenvalue weighted by molar-refractivity contribution is 5.79. The summed E-state index contributed by atoms with van der Waals surface area (Å²) in [5.41, 5.74) is 1.07. The quantitative estimate of drug-likeness (QED) is 0.734. The summed E-state index contributed by atoms with van der Waals surface area (Å²) in [5.74, 6) is 0.687. The van der Waals surface area contributed by atoms with Gasteiger partial charge in [-0.2, -0.15) is 0 Å². The third-order valence-corrected chi connectivity index (χ3v) is 2.50. The topological polar surface area (TPSA) is 26.3 Å². The van der Waals surface area contributed by atoms with E-state index < -0.39 is 0 Å². The first-order valence-electron chi connectivity index (χ1n) is 5.73. The van der Waals surface area contributed by atoms with Gasteiger partial charge in [0.2, 0.25) is 0 Å². The molecule has 0 aliphatic rings. The van der Waals surface area contributed by atoms with Crippen molar-refractivity contribution < 1.29 is 9.53 Å². The molecule has 0 aliphatic heterocycles. The first kappa shape index (κ1) is 12.9. The third kappa shape index (κ3) is 4.15. The number of hydrogen-bond donors (Lipinski definition) is 0. The van der Waals surface area contributed by atoms with Gasteiger partial charge < -0.3 is 4.74 Å². The molecule has 0 amide bonds. The van der Waals surface area contributed by atoms with Crippen LogP contribution < -0.4 is 0 Å². The number of rotatable bonds is 6. The van der Waals surface area contributed by atoms with E-state index in [1.165, 1.54) is 0 Å². The van der Waals surface area contributed by atoms with Gasteiger partial charge >= 0.3 is 0 Å². The van der Waals surface area contributed by atoms with Crippen molar-refractivity contribution in [1.29, 1.82) is 0 Å². The van der Waals surface area contributed by atoms with E-state index in [-0.39, 0.29) is 11.9 Å². The minimum absolute atomic E-state index is 0.104. The minimum Gasteiger partial charge on any atom is -0.376 e. The Hall–Kier alpha value is -1.15. The Kier molecular flexibility index (Phi) is 5.20. The van der Waals surface area contributed by atoms with Crippen molar-refractivity contribution in [2.45, 2.75) is 32.8 Å². The molecule has 16 heavy (non-hydrogen) atoms. The Morgan fingerprint density at radius 1 is 1.19 bits per heavy atom. The van der Waals surface area contributed by atoms with E-state index in [1.54, 1.807) is 7.11 Å². The molecule has 2 heteroatoms.